The largest absolute Gasteiger partial charge is 0.379 e. The van der Waals surface area contributed by atoms with Crippen molar-refractivity contribution in [3.8, 4) is 0 Å². The zero-order valence-electron chi connectivity index (χ0n) is 13.2. The molecule has 6 nitrogen and oxygen atoms in total. The van der Waals surface area contributed by atoms with Crippen LogP contribution in [-0.2, 0) is 11.3 Å². The van der Waals surface area contributed by atoms with E-state index in [4.69, 9.17) is 0 Å². The van der Waals surface area contributed by atoms with Crippen LogP contribution in [-0.4, -0.2) is 28.8 Å². The average molecular weight is 345 g/mol. The van der Waals surface area contributed by atoms with E-state index in [0.29, 0.717) is 25.3 Å². The summed E-state index contributed by atoms with van der Waals surface area (Å²) >= 11 is 1.60. The molecule has 7 heteroatoms. The Morgan fingerprint density at radius 2 is 2.12 bits per heavy atom. The fourth-order valence-corrected chi connectivity index (χ4v) is 2.97. The summed E-state index contributed by atoms with van der Waals surface area (Å²) in [7, 11) is 0. The topological polar surface area (TPSA) is 75.5 Å². The summed E-state index contributed by atoms with van der Waals surface area (Å²) in [6.07, 6.45) is 1.95. The minimum Gasteiger partial charge on any atom is -0.379 e. The molecule has 0 aliphatic carbocycles. The molecule has 0 atom stereocenters. The summed E-state index contributed by atoms with van der Waals surface area (Å²) in [6, 6.07) is 10.3. The third kappa shape index (κ3) is 4.92. The molecule has 0 aliphatic rings. The first-order valence-corrected chi connectivity index (χ1v) is 8.38. The molecule has 1 aromatic heterocycles. The first-order chi connectivity index (χ1) is 11.6. The minimum atomic E-state index is -0.440. The molecule has 126 valence electrons. The molecule has 1 aromatic carbocycles. The highest BCUT2D eigenvalue weighted by Gasteiger charge is 2.15. The first kappa shape index (κ1) is 17.7. The molecule has 2 aromatic rings. The van der Waals surface area contributed by atoms with Crippen LogP contribution >= 0.6 is 11.3 Å². The monoisotopic (exact) mass is 345 g/mol. The van der Waals surface area contributed by atoms with Gasteiger partial charge in [-0.2, -0.15) is 0 Å². The second-order valence-corrected chi connectivity index (χ2v) is 6.13. The molecule has 1 N–H and O–H groups in total. The van der Waals surface area contributed by atoms with Gasteiger partial charge in [-0.25, -0.2) is 0 Å². The summed E-state index contributed by atoms with van der Waals surface area (Å²) in [5.41, 5.74) is 0.426. The Kier molecular flexibility index (Phi) is 6.51. The van der Waals surface area contributed by atoms with Crippen LogP contribution in [0.4, 0.5) is 11.4 Å². The summed E-state index contributed by atoms with van der Waals surface area (Å²) in [5, 5.41) is 15.9. The Labute approximate surface area is 144 Å². The molecule has 0 saturated carbocycles. The zero-order valence-corrected chi connectivity index (χ0v) is 14.0. The van der Waals surface area contributed by atoms with Gasteiger partial charge in [-0.05, 0) is 17.5 Å². The molecular formula is C17H19N3O3S. The van der Waals surface area contributed by atoms with Gasteiger partial charge in [0.05, 0.1) is 11.5 Å². The van der Waals surface area contributed by atoms with Gasteiger partial charge in [-0.3, -0.25) is 14.9 Å². The smallest absolute Gasteiger partial charge is 0.292 e. The van der Waals surface area contributed by atoms with Gasteiger partial charge in [-0.1, -0.05) is 24.3 Å². The highest BCUT2D eigenvalue weighted by Crippen LogP contribution is 2.23. The number of hydrogen-bond acceptors (Lipinski definition) is 5. The second kappa shape index (κ2) is 8.83. The van der Waals surface area contributed by atoms with Gasteiger partial charge < -0.3 is 10.2 Å². The van der Waals surface area contributed by atoms with Crippen molar-refractivity contribution in [2.24, 2.45) is 0 Å². The molecule has 0 aliphatic heterocycles. The summed E-state index contributed by atoms with van der Waals surface area (Å²) in [5.74, 6) is -0.0191. The van der Waals surface area contributed by atoms with E-state index in [-0.39, 0.29) is 18.0 Å². The fraction of sp³-hybridized carbons (Fsp3) is 0.235. The molecule has 0 radical (unpaired) electrons. The predicted molar refractivity (Wildman–Crippen MR) is 96.1 cm³/mol. The molecule has 0 bridgehead atoms. The van der Waals surface area contributed by atoms with E-state index in [9.17, 15) is 14.9 Å². The van der Waals surface area contributed by atoms with Gasteiger partial charge in [0.1, 0.15) is 5.69 Å². The number of nitro groups is 1. The van der Waals surface area contributed by atoms with E-state index >= 15 is 0 Å². The van der Waals surface area contributed by atoms with Crippen molar-refractivity contribution in [2.45, 2.75) is 13.0 Å². The van der Waals surface area contributed by atoms with Gasteiger partial charge in [0, 0.05) is 30.5 Å². The van der Waals surface area contributed by atoms with Crippen LogP contribution in [0.1, 0.15) is 11.3 Å². The van der Waals surface area contributed by atoms with Crippen molar-refractivity contribution in [1.82, 2.24) is 4.90 Å². The lowest BCUT2D eigenvalue weighted by molar-refractivity contribution is -0.384. The second-order valence-electron chi connectivity index (χ2n) is 5.09. The fourth-order valence-electron chi connectivity index (χ4n) is 2.25. The van der Waals surface area contributed by atoms with Crippen molar-refractivity contribution < 1.29 is 9.72 Å². The van der Waals surface area contributed by atoms with Crippen molar-refractivity contribution >= 4 is 28.6 Å². The zero-order chi connectivity index (χ0) is 17.4. The van der Waals surface area contributed by atoms with Gasteiger partial charge in [0.25, 0.3) is 5.69 Å². The maximum atomic E-state index is 12.4. The minimum absolute atomic E-state index is 0.00600. The predicted octanol–water partition coefficient (Wildman–Crippen LogP) is 3.67. The third-order valence-corrected chi connectivity index (χ3v) is 4.25. The van der Waals surface area contributed by atoms with E-state index in [1.54, 1.807) is 40.5 Å². The molecule has 1 amide bonds. The Balaban J connectivity index is 1.91. The number of anilines is 1. The maximum absolute atomic E-state index is 12.4. The molecule has 1 heterocycles. The first-order valence-electron chi connectivity index (χ1n) is 7.50. The van der Waals surface area contributed by atoms with Crippen LogP contribution in [0.2, 0.25) is 0 Å². The van der Waals surface area contributed by atoms with E-state index in [1.165, 1.54) is 6.07 Å². The molecular weight excluding hydrogens is 326 g/mol. The number of benzene rings is 1. The summed E-state index contributed by atoms with van der Waals surface area (Å²) in [4.78, 5) is 25.7. The number of nitrogens with zero attached hydrogens (tertiary/aromatic N) is 2. The number of para-hydroxylation sites is 2. The van der Waals surface area contributed by atoms with Crippen LogP contribution in [0, 0.1) is 10.1 Å². The lowest BCUT2D eigenvalue weighted by atomic mass is 10.2. The molecule has 24 heavy (non-hydrogen) atoms. The highest BCUT2D eigenvalue weighted by molar-refractivity contribution is 7.09. The number of carbonyl (C=O) groups excluding carboxylic acids is 1. The van der Waals surface area contributed by atoms with Gasteiger partial charge in [0.15, 0.2) is 0 Å². The SMILES string of the molecule is C=CCN(Cc1cccs1)C(=O)CCNc1ccccc1[N+](=O)[O-]. The quantitative estimate of drug-likeness (QED) is 0.427. The molecule has 0 unspecified atom stereocenters. The van der Waals surface area contributed by atoms with E-state index in [1.807, 2.05) is 17.5 Å². The Morgan fingerprint density at radius 1 is 1.33 bits per heavy atom. The lowest BCUT2D eigenvalue weighted by Crippen LogP contribution is -2.31. The number of hydrogen-bond donors (Lipinski definition) is 1. The number of thiophene rings is 1. The number of nitro benzene ring substituents is 1. The van der Waals surface area contributed by atoms with Crippen molar-refractivity contribution in [1.29, 1.82) is 0 Å². The highest BCUT2D eigenvalue weighted by atomic mass is 32.1. The van der Waals surface area contributed by atoms with E-state index in [2.05, 4.69) is 11.9 Å². The number of rotatable bonds is 9. The summed E-state index contributed by atoms with van der Waals surface area (Å²) in [6.45, 7) is 5.05. The third-order valence-electron chi connectivity index (χ3n) is 3.38. The van der Waals surface area contributed by atoms with Crippen molar-refractivity contribution in [2.75, 3.05) is 18.4 Å². The molecule has 2 rings (SSSR count). The van der Waals surface area contributed by atoms with Crippen LogP contribution < -0.4 is 5.32 Å². The number of nitrogens with one attached hydrogen (secondary N) is 1. The van der Waals surface area contributed by atoms with Crippen LogP contribution in [0.15, 0.2) is 54.4 Å². The Hall–Kier alpha value is -2.67. The Bertz CT molecular complexity index is 701. The van der Waals surface area contributed by atoms with E-state index in [0.717, 1.165) is 4.88 Å². The number of amides is 1. The van der Waals surface area contributed by atoms with Crippen LogP contribution in [0.5, 0.6) is 0 Å². The van der Waals surface area contributed by atoms with Crippen molar-refractivity contribution in [3.05, 3.63) is 69.4 Å². The van der Waals surface area contributed by atoms with Crippen LogP contribution in [0.3, 0.4) is 0 Å². The van der Waals surface area contributed by atoms with Crippen molar-refractivity contribution in [3.63, 3.8) is 0 Å². The molecule has 0 spiro atoms. The normalized spacial score (nSPS) is 10.2. The average Bonchev–Trinajstić information content (AvgIpc) is 3.07. The van der Waals surface area contributed by atoms with E-state index < -0.39 is 4.92 Å². The van der Waals surface area contributed by atoms with Gasteiger partial charge in [0.2, 0.25) is 5.91 Å². The Morgan fingerprint density at radius 3 is 2.79 bits per heavy atom. The molecule has 0 fully saturated rings. The van der Waals surface area contributed by atoms with Gasteiger partial charge >= 0.3 is 0 Å². The molecule has 0 saturated heterocycles. The lowest BCUT2D eigenvalue weighted by Gasteiger charge is -2.20. The van der Waals surface area contributed by atoms with Gasteiger partial charge in [-0.15, -0.1) is 17.9 Å². The standard InChI is InChI=1S/C17H19N3O3S/c1-2-11-19(13-14-6-5-12-24-14)17(21)9-10-18-15-7-3-4-8-16(15)20(22)23/h2-8,12,18H,1,9-11,13H2. The maximum Gasteiger partial charge on any atom is 0.292 e. The van der Waals surface area contributed by atoms with Crippen LogP contribution in [0.25, 0.3) is 0 Å². The number of carbonyl (C=O) groups is 1. The summed E-state index contributed by atoms with van der Waals surface area (Å²) < 4.78 is 0.